The summed E-state index contributed by atoms with van der Waals surface area (Å²) in [6, 6.07) is 52.9. The fraction of sp³-hybridized carbons (Fsp3) is 0. The Kier molecular flexibility index (Phi) is 5.22. The Morgan fingerprint density at radius 2 is 1.04 bits per heavy atom. The Bertz CT molecular complexity index is 2790. The predicted molar refractivity (Wildman–Crippen MR) is 189 cm³/mol. The number of aromatic nitrogens is 5. The summed E-state index contributed by atoms with van der Waals surface area (Å²) in [5, 5.41) is 5.71. The molecule has 0 aliphatic heterocycles. The molecule has 4 aromatic heterocycles. The maximum absolute atomic E-state index is 5.42. The van der Waals surface area contributed by atoms with Gasteiger partial charge in [0.05, 0.1) is 22.2 Å². The molecule has 0 saturated carbocycles. The smallest absolute Gasteiger partial charge is 0.165 e. The molecule has 10 aromatic rings. The average Bonchev–Trinajstić information content (AvgIpc) is 3.67. The van der Waals surface area contributed by atoms with Crippen LogP contribution in [0, 0.1) is 0 Å². The van der Waals surface area contributed by atoms with Crippen molar-refractivity contribution in [3.63, 3.8) is 0 Å². The first-order valence-electron chi connectivity index (χ1n) is 15.5. The van der Waals surface area contributed by atoms with Gasteiger partial charge in [0.2, 0.25) is 0 Å². The molecule has 0 aliphatic carbocycles. The number of nitrogens with zero attached hydrogens (tertiary/aromatic N) is 5. The Morgan fingerprint density at radius 3 is 1.83 bits per heavy atom. The van der Waals surface area contributed by atoms with E-state index in [0.717, 1.165) is 72.0 Å². The molecular formula is C41H25N5. The molecule has 0 saturated heterocycles. The van der Waals surface area contributed by atoms with E-state index in [9.17, 15) is 0 Å². The second-order valence-corrected chi connectivity index (χ2v) is 11.7. The monoisotopic (exact) mass is 587 g/mol. The van der Waals surface area contributed by atoms with Crippen LogP contribution >= 0.6 is 0 Å². The van der Waals surface area contributed by atoms with Crippen LogP contribution in [0.3, 0.4) is 0 Å². The van der Waals surface area contributed by atoms with E-state index in [1.54, 1.807) is 0 Å². The molecule has 5 heteroatoms. The zero-order chi connectivity index (χ0) is 30.2. The molecule has 4 heterocycles. The first-order chi connectivity index (χ1) is 22.8. The molecule has 5 nitrogen and oxygen atoms in total. The zero-order valence-corrected chi connectivity index (χ0v) is 24.7. The maximum atomic E-state index is 5.42. The highest BCUT2D eigenvalue weighted by Crippen LogP contribution is 2.39. The first kappa shape index (κ1) is 25.0. The van der Waals surface area contributed by atoms with Crippen LogP contribution in [-0.2, 0) is 0 Å². The molecule has 10 rings (SSSR count). The molecule has 6 aromatic carbocycles. The highest BCUT2D eigenvalue weighted by atomic mass is 15.1. The van der Waals surface area contributed by atoms with Crippen molar-refractivity contribution >= 4 is 60.3 Å². The van der Waals surface area contributed by atoms with Crippen LogP contribution in [-0.4, -0.2) is 23.9 Å². The summed E-state index contributed by atoms with van der Waals surface area (Å²) in [6.45, 7) is 0. The number of pyridine rings is 1. The van der Waals surface area contributed by atoms with Gasteiger partial charge in [0.25, 0.3) is 0 Å². The van der Waals surface area contributed by atoms with Gasteiger partial charge in [-0.15, -0.1) is 0 Å². The van der Waals surface area contributed by atoms with Crippen molar-refractivity contribution in [3.8, 4) is 28.3 Å². The van der Waals surface area contributed by atoms with Crippen molar-refractivity contribution < 1.29 is 0 Å². The minimum atomic E-state index is 0.715. The lowest BCUT2D eigenvalue weighted by Crippen LogP contribution is -1.98. The van der Waals surface area contributed by atoms with E-state index in [4.69, 9.17) is 15.0 Å². The van der Waals surface area contributed by atoms with E-state index in [-0.39, 0.29) is 0 Å². The van der Waals surface area contributed by atoms with Gasteiger partial charge in [-0.3, -0.25) is 8.97 Å². The summed E-state index contributed by atoms with van der Waals surface area (Å²) < 4.78 is 4.64. The largest absolute Gasteiger partial charge is 0.293 e. The van der Waals surface area contributed by atoms with Crippen molar-refractivity contribution in [3.05, 3.63) is 152 Å². The van der Waals surface area contributed by atoms with E-state index in [0.29, 0.717) is 5.82 Å². The summed E-state index contributed by atoms with van der Waals surface area (Å²) in [4.78, 5) is 15.6. The summed E-state index contributed by atoms with van der Waals surface area (Å²) in [5.74, 6) is 0.715. The van der Waals surface area contributed by atoms with E-state index < -0.39 is 0 Å². The van der Waals surface area contributed by atoms with Gasteiger partial charge in [-0.1, -0.05) is 121 Å². The second-order valence-electron chi connectivity index (χ2n) is 11.7. The number of para-hydroxylation sites is 2. The molecule has 0 spiro atoms. The van der Waals surface area contributed by atoms with Gasteiger partial charge in [-0.25, -0.2) is 15.0 Å². The lowest BCUT2D eigenvalue weighted by Gasteiger charge is -2.12. The summed E-state index contributed by atoms with van der Waals surface area (Å²) in [5.41, 5.74) is 10.1. The third-order valence-corrected chi connectivity index (χ3v) is 9.09. The Morgan fingerprint density at radius 1 is 0.413 bits per heavy atom. The van der Waals surface area contributed by atoms with E-state index in [1.165, 1.54) is 10.8 Å². The molecule has 0 atom stereocenters. The Balaban J connectivity index is 1.32. The van der Waals surface area contributed by atoms with Crippen molar-refractivity contribution in [2.75, 3.05) is 0 Å². The topological polar surface area (TPSA) is 48.0 Å². The molecule has 0 N–H and O–H groups in total. The fourth-order valence-corrected chi connectivity index (χ4v) is 7.06. The molecule has 0 unspecified atom stereocenters. The van der Waals surface area contributed by atoms with Crippen LogP contribution in [0.2, 0.25) is 0 Å². The van der Waals surface area contributed by atoms with Gasteiger partial charge in [0.1, 0.15) is 11.2 Å². The van der Waals surface area contributed by atoms with Gasteiger partial charge >= 0.3 is 0 Å². The average molecular weight is 588 g/mol. The Hall–Kier alpha value is -6.33. The standard InChI is InChI=1S/C41H25N5/c1-3-13-26(14-4-1)37-33-25-28(23-24-34(33)42-39(43-37)27-15-5-2-6-16-27)45-36-22-12-10-20-32(36)38-41(45)44-40-31-19-8-7-17-29(31)30-18-9-11-21-35(30)46(38)40/h1-25H. The van der Waals surface area contributed by atoms with E-state index >= 15 is 0 Å². The van der Waals surface area contributed by atoms with E-state index in [2.05, 4.69) is 136 Å². The molecule has 214 valence electrons. The lowest BCUT2D eigenvalue weighted by molar-refractivity contribution is 1.15. The molecule has 46 heavy (non-hydrogen) atoms. The quantitative estimate of drug-likeness (QED) is 0.193. The molecular weight excluding hydrogens is 562 g/mol. The molecule has 0 aliphatic rings. The normalized spacial score (nSPS) is 11.9. The van der Waals surface area contributed by atoms with E-state index in [1.807, 2.05) is 24.3 Å². The van der Waals surface area contributed by atoms with Crippen molar-refractivity contribution in [1.29, 1.82) is 0 Å². The minimum absolute atomic E-state index is 0.715. The SMILES string of the molecule is c1ccc(-c2nc(-c3ccccc3)c3cc(-n4c5ccccc5c5c4nc4c6ccccc6c6ccccc6n45)ccc3n2)cc1. The fourth-order valence-electron chi connectivity index (χ4n) is 7.06. The lowest BCUT2D eigenvalue weighted by atomic mass is 10.0. The van der Waals surface area contributed by atoms with Crippen molar-refractivity contribution in [2.45, 2.75) is 0 Å². The van der Waals surface area contributed by atoms with Crippen LogP contribution in [0.25, 0.3) is 88.6 Å². The maximum Gasteiger partial charge on any atom is 0.165 e. The summed E-state index contributed by atoms with van der Waals surface area (Å²) in [7, 11) is 0. The third-order valence-electron chi connectivity index (χ3n) is 9.09. The number of imidazole rings is 1. The van der Waals surface area contributed by atoms with Crippen molar-refractivity contribution in [2.24, 2.45) is 0 Å². The number of rotatable bonds is 3. The molecule has 0 radical (unpaired) electrons. The Labute approximate surface area is 263 Å². The second kappa shape index (κ2) is 9.58. The van der Waals surface area contributed by atoms with Crippen LogP contribution < -0.4 is 0 Å². The van der Waals surface area contributed by atoms with Crippen LogP contribution in [0.4, 0.5) is 0 Å². The zero-order valence-electron chi connectivity index (χ0n) is 24.7. The van der Waals surface area contributed by atoms with Gasteiger partial charge in [0.15, 0.2) is 11.5 Å². The van der Waals surface area contributed by atoms with Gasteiger partial charge < -0.3 is 0 Å². The van der Waals surface area contributed by atoms with Crippen LogP contribution in [0.15, 0.2) is 152 Å². The number of hydrogen-bond donors (Lipinski definition) is 0. The summed E-state index contributed by atoms with van der Waals surface area (Å²) >= 11 is 0. The molecule has 0 amide bonds. The number of benzene rings is 6. The van der Waals surface area contributed by atoms with Crippen LogP contribution in [0.5, 0.6) is 0 Å². The van der Waals surface area contributed by atoms with Gasteiger partial charge in [-0.05, 0) is 35.7 Å². The highest BCUT2D eigenvalue weighted by molar-refractivity contribution is 6.17. The molecule has 0 bridgehead atoms. The van der Waals surface area contributed by atoms with Crippen LogP contribution in [0.1, 0.15) is 0 Å². The first-order valence-corrected chi connectivity index (χ1v) is 15.5. The highest BCUT2D eigenvalue weighted by Gasteiger charge is 2.22. The number of fused-ring (bicyclic) bond motifs is 11. The minimum Gasteiger partial charge on any atom is -0.293 e. The van der Waals surface area contributed by atoms with Crippen molar-refractivity contribution in [1.82, 2.24) is 23.9 Å². The van der Waals surface area contributed by atoms with Gasteiger partial charge in [0, 0.05) is 38.4 Å². The summed E-state index contributed by atoms with van der Waals surface area (Å²) in [6.07, 6.45) is 0. The molecule has 0 fully saturated rings. The predicted octanol–water partition coefficient (Wildman–Crippen LogP) is 10.0. The van der Waals surface area contributed by atoms with Gasteiger partial charge in [-0.2, -0.15) is 0 Å². The number of hydrogen-bond acceptors (Lipinski definition) is 3. The third kappa shape index (κ3) is 3.54.